The molecule has 0 saturated carbocycles. The smallest absolute Gasteiger partial charge is 0.324 e. The van der Waals surface area contributed by atoms with Crippen LogP contribution in [0.2, 0.25) is 0 Å². The zero-order chi connectivity index (χ0) is 21.1. The first-order valence-electron chi connectivity index (χ1n) is 9.84. The van der Waals surface area contributed by atoms with Gasteiger partial charge in [0.05, 0.1) is 6.54 Å². The van der Waals surface area contributed by atoms with Crippen LogP contribution >= 0.6 is 0 Å². The second-order valence-corrected chi connectivity index (χ2v) is 7.38. The Labute approximate surface area is 168 Å². The van der Waals surface area contributed by atoms with Crippen molar-refractivity contribution in [1.82, 2.24) is 18.7 Å². The van der Waals surface area contributed by atoms with E-state index in [1.165, 1.54) is 9.13 Å². The number of para-hydroxylation sites is 1. The predicted octanol–water partition coefficient (Wildman–Crippen LogP) is 1.74. The number of unbranched alkanes of at least 4 members (excludes halogenated alkanes) is 1. The van der Waals surface area contributed by atoms with Gasteiger partial charge in [0.15, 0.2) is 11.2 Å². The Morgan fingerprint density at radius 3 is 2.48 bits per heavy atom. The van der Waals surface area contributed by atoms with Gasteiger partial charge in [-0.1, -0.05) is 31.5 Å². The van der Waals surface area contributed by atoms with Crippen molar-refractivity contribution in [3.8, 4) is 5.69 Å². The lowest BCUT2D eigenvalue weighted by Gasteiger charge is -2.11. The molecule has 2 aromatic heterocycles. The summed E-state index contributed by atoms with van der Waals surface area (Å²) in [5.41, 5.74) is 6.54. The van der Waals surface area contributed by atoms with Gasteiger partial charge in [0, 0.05) is 25.2 Å². The summed E-state index contributed by atoms with van der Waals surface area (Å²) in [6.45, 7) is 3.91. The topological polar surface area (TPSA) is 105 Å². The monoisotopic (exact) mass is 397 g/mol. The fraction of sp³-hybridized carbons (Fsp3) is 0.429. The number of hydrogen-bond donors (Lipinski definition) is 1. The van der Waals surface area contributed by atoms with Crippen LogP contribution in [0, 0.1) is 5.92 Å². The van der Waals surface area contributed by atoms with Crippen molar-refractivity contribution in [2.45, 2.75) is 46.2 Å². The highest BCUT2D eigenvalue weighted by molar-refractivity contribution is 5.77. The number of aryl methyl sites for hydroxylation is 1. The molecule has 0 saturated heterocycles. The van der Waals surface area contributed by atoms with Crippen molar-refractivity contribution in [3.05, 3.63) is 57.0 Å². The molecule has 2 heterocycles. The summed E-state index contributed by atoms with van der Waals surface area (Å²) in [7, 11) is 1.61. The van der Waals surface area contributed by atoms with Crippen LogP contribution in [0.3, 0.4) is 0 Å². The number of hydrogen-bond acceptors (Lipinski definition) is 5. The number of ketones is 1. The molecular weight excluding hydrogens is 370 g/mol. The van der Waals surface area contributed by atoms with Crippen molar-refractivity contribution in [2.24, 2.45) is 18.7 Å². The number of Topliss-reactive ketones (excluding diaryl/α,β-unsaturated/α-hetero) is 1. The zero-order valence-electron chi connectivity index (χ0n) is 17.1. The lowest BCUT2D eigenvalue weighted by atomic mass is 10.0. The molecule has 1 aromatic carbocycles. The highest BCUT2D eigenvalue weighted by atomic mass is 16.2. The van der Waals surface area contributed by atoms with Crippen LogP contribution < -0.4 is 17.0 Å². The van der Waals surface area contributed by atoms with Gasteiger partial charge in [0.1, 0.15) is 11.6 Å². The Kier molecular flexibility index (Phi) is 6.12. The van der Waals surface area contributed by atoms with E-state index in [2.05, 4.69) is 4.98 Å². The summed E-state index contributed by atoms with van der Waals surface area (Å²) in [6, 6.07) is 9.38. The molecule has 0 bridgehead atoms. The van der Waals surface area contributed by atoms with Gasteiger partial charge in [-0.15, -0.1) is 0 Å². The standard InChI is InChI=1S/C21H27N5O3/c1-14(15(2)27)9-7-8-12-25-20(28)18-19(24(3)21(25)29)23-17(13-22)26(18)16-10-5-4-6-11-16/h4-6,10-11,14H,7-9,12-13,22H2,1-3H3/t14-/m1/s1. The molecule has 0 amide bonds. The van der Waals surface area contributed by atoms with E-state index in [4.69, 9.17) is 5.73 Å². The molecule has 0 spiro atoms. The number of carbonyl (C=O) groups excluding carboxylic acids is 1. The normalized spacial score (nSPS) is 12.4. The van der Waals surface area contributed by atoms with Crippen molar-refractivity contribution in [3.63, 3.8) is 0 Å². The summed E-state index contributed by atoms with van der Waals surface area (Å²) in [6.07, 6.45) is 2.15. The Morgan fingerprint density at radius 1 is 1.17 bits per heavy atom. The molecular formula is C21H27N5O3. The Morgan fingerprint density at radius 2 is 1.86 bits per heavy atom. The Hall–Kier alpha value is -3.00. The Balaban J connectivity index is 2.05. The molecule has 0 aliphatic carbocycles. The van der Waals surface area contributed by atoms with Crippen LogP contribution in [0.1, 0.15) is 38.9 Å². The molecule has 0 radical (unpaired) electrons. The van der Waals surface area contributed by atoms with E-state index < -0.39 is 5.69 Å². The number of nitrogens with zero attached hydrogens (tertiary/aromatic N) is 4. The fourth-order valence-corrected chi connectivity index (χ4v) is 3.48. The van der Waals surface area contributed by atoms with Gasteiger partial charge in [0.2, 0.25) is 0 Å². The summed E-state index contributed by atoms with van der Waals surface area (Å²) in [4.78, 5) is 41.9. The minimum absolute atomic E-state index is 0.0105. The molecule has 1 atom stereocenters. The number of carbonyl (C=O) groups is 1. The summed E-state index contributed by atoms with van der Waals surface area (Å²) < 4.78 is 4.38. The van der Waals surface area contributed by atoms with E-state index in [0.717, 1.165) is 18.5 Å². The molecule has 0 fully saturated rings. The first kappa shape index (κ1) is 20.7. The maximum Gasteiger partial charge on any atom is 0.332 e. The average Bonchev–Trinajstić information content (AvgIpc) is 3.12. The highest BCUT2D eigenvalue weighted by Gasteiger charge is 2.20. The predicted molar refractivity (Wildman–Crippen MR) is 112 cm³/mol. The molecule has 154 valence electrons. The van der Waals surface area contributed by atoms with Crippen LogP contribution in [-0.4, -0.2) is 24.5 Å². The third-order valence-electron chi connectivity index (χ3n) is 5.37. The summed E-state index contributed by atoms with van der Waals surface area (Å²) in [5.74, 6) is 0.663. The lowest BCUT2D eigenvalue weighted by Crippen LogP contribution is -2.39. The first-order valence-corrected chi connectivity index (χ1v) is 9.84. The number of aromatic nitrogens is 4. The van der Waals surface area contributed by atoms with Gasteiger partial charge in [0.25, 0.3) is 5.56 Å². The molecule has 8 nitrogen and oxygen atoms in total. The minimum atomic E-state index is -0.400. The molecule has 0 unspecified atom stereocenters. The maximum atomic E-state index is 13.3. The van der Waals surface area contributed by atoms with Gasteiger partial charge >= 0.3 is 5.69 Å². The van der Waals surface area contributed by atoms with E-state index in [0.29, 0.717) is 30.0 Å². The van der Waals surface area contributed by atoms with E-state index in [-0.39, 0.29) is 23.8 Å². The van der Waals surface area contributed by atoms with Gasteiger partial charge < -0.3 is 5.73 Å². The van der Waals surface area contributed by atoms with Crippen molar-refractivity contribution in [1.29, 1.82) is 0 Å². The van der Waals surface area contributed by atoms with E-state index in [1.54, 1.807) is 18.5 Å². The quantitative estimate of drug-likeness (QED) is 0.583. The molecule has 0 aliphatic rings. The molecule has 2 N–H and O–H groups in total. The fourth-order valence-electron chi connectivity index (χ4n) is 3.48. The molecule has 3 aromatic rings. The largest absolute Gasteiger partial charge is 0.332 e. The number of nitrogens with two attached hydrogens (primary N) is 1. The molecule has 8 heteroatoms. The maximum absolute atomic E-state index is 13.3. The molecule has 3 rings (SSSR count). The number of fused-ring (bicyclic) bond motifs is 1. The van der Waals surface area contributed by atoms with Gasteiger partial charge in [-0.25, -0.2) is 9.78 Å². The average molecular weight is 397 g/mol. The van der Waals surface area contributed by atoms with Gasteiger partial charge in [-0.05, 0) is 31.9 Å². The zero-order valence-corrected chi connectivity index (χ0v) is 17.1. The van der Waals surface area contributed by atoms with Crippen LogP contribution in [0.4, 0.5) is 0 Å². The van der Waals surface area contributed by atoms with Crippen molar-refractivity contribution < 1.29 is 4.79 Å². The van der Waals surface area contributed by atoms with Crippen LogP contribution in [0.5, 0.6) is 0 Å². The number of imidazole rings is 1. The van der Waals surface area contributed by atoms with Crippen LogP contribution in [-0.2, 0) is 24.9 Å². The van der Waals surface area contributed by atoms with E-state index >= 15 is 0 Å². The van der Waals surface area contributed by atoms with Crippen LogP contribution in [0.15, 0.2) is 39.9 Å². The first-order chi connectivity index (χ1) is 13.9. The third kappa shape index (κ3) is 3.93. The van der Waals surface area contributed by atoms with E-state index in [1.807, 2.05) is 37.3 Å². The second kappa shape index (κ2) is 8.57. The summed E-state index contributed by atoms with van der Waals surface area (Å²) in [5, 5.41) is 0. The SMILES string of the molecule is CC(=O)[C@H](C)CCCCn1c(=O)c2c(nc(CN)n2-c2ccccc2)n(C)c1=O. The van der Waals surface area contributed by atoms with Gasteiger partial charge in [-0.2, -0.15) is 0 Å². The summed E-state index contributed by atoms with van der Waals surface area (Å²) >= 11 is 0. The second-order valence-electron chi connectivity index (χ2n) is 7.38. The third-order valence-corrected chi connectivity index (χ3v) is 5.37. The Bertz CT molecular complexity index is 1140. The van der Waals surface area contributed by atoms with E-state index in [9.17, 15) is 14.4 Å². The number of benzene rings is 1. The lowest BCUT2D eigenvalue weighted by molar-refractivity contribution is -0.120. The molecule has 0 aliphatic heterocycles. The van der Waals surface area contributed by atoms with Gasteiger partial charge in [-0.3, -0.25) is 23.3 Å². The number of rotatable bonds is 8. The van der Waals surface area contributed by atoms with Crippen molar-refractivity contribution >= 4 is 16.9 Å². The molecule has 29 heavy (non-hydrogen) atoms. The van der Waals surface area contributed by atoms with Crippen molar-refractivity contribution in [2.75, 3.05) is 0 Å². The minimum Gasteiger partial charge on any atom is -0.324 e. The van der Waals surface area contributed by atoms with Crippen LogP contribution in [0.25, 0.3) is 16.9 Å². The highest BCUT2D eigenvalue weighted by Crippen LogP contribution is 2.18.